The van der Waals surface area contributed by atoms with Gasteiger partial charge in [-0.2, -0.15) is 0 Å². The summed E-state index contributed by atoms with van der Waals surface area (Å²) >= 11 is 1.31. The summed E-state index contributed by atoms with van der Waals surface area (Å²) in [5, 5.41) is 7.58. The fourth-order valence-corrected chi connectivity index (χ4v) is 2.80. The van der Waals surface area contributed by atoms with E-state index in [9.17, 15) is 4.79 Å². The third-order valence-electron chi connectivity index (χ3n) is 3.26. The lowest BCUT2D eigenvalue weighted by atomic mass is 10.2. The van der Waals surface area contributed by atoms with Crippen LogP contribution in [0.15, 0.2) is 59.8 Å². The predicted octanol–water partition coefficient (Wildman–Crippen LogP) is 3.46. The second-order valence-corrected chi connectivity index (χ2v) is 5.69. The summed E-state index contributed by atoms with van der Waals surface area (Å²) in [4.78, 5) is 16.5. The zero-order valence-corrected chi connectivity index (χ0v) is 13.3. The fourth-order valence-electron chi connectivity index (χ4n) is 2.11. The van der Waals surface area contributed by atoms with Crippen LogP contribution in [0, 0.1) is 0 Å². The van der Waals surface area contributed by atoms with Crippen molar-refractivity contribution >= 4 is 17.5 Å². The summed E-state index contributed by atoms with van der Waals surface area (Å²) in [6.45, 7) is 0. The van der Waals surface area contributed by atoms with Gasteiger partial charge in [0, 0.05) is 5.56 Å². The Bertz CT molecular complexity index is 802. The first-order chi connectivity index (χ1) is 11.3. The number of aromatic amines is 1. The zero-order valence-electron chi connectivity index (χ0n) is 12.5. The number of benzene rings is 2. The summed E-state index contributed by atoms with van der Waals surface area (Å²) in [6.07, 6.45) is 0. The lowest BCUT2D eigenvalue weighted by molar-refractivity contribution is 0.102. The molecule has 1 aromatic heterocycles. The highest BCUT2D eigenvalue weighted by Gasteiger charge is 2.12. The van der Waals surface area contributed by atoms with Gasteiger partial charge in [0.1, 0.15) is 5.75 Å². The van der Waals surface area contributed by atoms with Gasteiger partial charge < -0.3 is 4.74 Å². The molecule has 3 rings (SSSR count). The molecule has 0 bridgehead atoms. The van der Waals surface area contributed by atoms with Gasteiger partial charge in [0.15, 0.2) is 11.6 Å². The molecule has 0 aliphatic carbocycles. The quantitative estimate of drug-likeness (QED) is 0.555. The molecule has 0 saturated carbocycles. The van der Waals surface area contributed by atoms with E-state index >= 15 is 0 Å². The number of Topliss-reactive ketones (excluding diaryl/α,β-unsaturated/α-hetero) is 1. The van der Waals surface area contributed by atoms with E-state index in [4.69, 9.17) is 4.74 Å². The number of thioether (sulfide) groups is 1. The number of hydrogen-bond donors (Lipinski definition) is 1. The largest absolute Gasteiger partial charge is 0.496 e. The molecule has 0 aliphatic heterocycles. The predicted molar refractivity (Wildman–Crippen MR) is 89.9 cm³/mol. The summed E-state index contributed by atoms with van der Waals surface area (Å²) in [7, 11) is 1.61. The Hall–Kier alpha value is -2.60. The molecule has 0 fully saturated rings. The highest BCUT2D eigenvalue weighted by Crippen LogP contribution is 2.28. The molecular formula is C17H15N3O2S. The standard InChI is InChI=1S/C17H15N3O2S/c1-22-15-10-6-5-9-13(15)16-18-17(20-19-16)23-11-14(21)12-7-3-2-4-8-12/h2-10H,11H2,1H3,(H,18,19,20). The van der Waals surface area contributed by atoms with Crippen LogP contribution in [0.3, 0.4) is 0 Å². The number of hydrogen-bond acceptors (Lipinski definition) is 5. The number of aromatic nitrogens is 3. The number of nitrogens with one attached hydrogen (secondary N) is 1. The van der Waals surface area contributed by atoms with Gasteiger partial charge in [-0.25, -0.2) is 4.98 Å². The molecule has 0 atom stereocenters. The van der Waals surface area contributed by atoms with Gasteiger partial charge >= 0.3 is 0 Å². The van der Waals surface area contributed by atoms with Crippen LogP contribution in [0.5, 0.6) is 5.75 Å². The molecule has 0 radical (unpaired) electrons. The minimum Gasteiger partial charge on any atom is -0.496 e. The Kier molecular flexibility index (Phi) is 4.73. The Balaban J connectivity index is 1.69. The van der Waals surface area contributed by atoms with Crippen LogP contribution in [-0.2, 0) is 0 Å². The first-order valence-corrected chi connectivity index (χ1v) is 8.03. The van der Waals surface area contributed by atoms with Gasteiger partial charge in [-0.05, 0) is 12.1 Å². The van der Waals surface area contributed by atoms with Gasteiger partial charge in [0.05, 0.1) is 18.4 Å². The highest BCUT2D eigenvalue weighted by atomic mass is 32.2. The molecule has 1 heterocycles. The number of carbonyl (C=O) groups is 1. The second kappa shape index (κ2) is 7.11. The van der Waals surface area contributed by atoms with Gasteiger partial charge in [-0.3, -0.25) is 9.89 Å². The number of rotatable bonds is 6. The van der Waals surface area contributed by atoms with E-state index in [-0.39, 0.29) is 5.78 Å². The second-order valence-electron chi connectivity index (χ2n) is 4.74. The van der Waals surface area contributed by atoms with E-state index in [2.05, 4.69) is 15.2 Å². The van der Waals surface area contributed by atoms with Crippen molar-refractivity contribution in [1.82, 2.24) is 15.2 Å². The Labute approximate surface area is 138 Å². The zero-order chi connectivity index (χ0) is 16.1. The number of nitrogens with zero attached hydrogens (tertiary/aromatic N) is 2. The van der Waals surface area contributed by atoms with Crippen molar-refractivity contribution < 1.29 is 9.53 Å². The number of para-hydroxylation sites is 1. The summed E-state index contributed by atoms with van der Waals surface area (Å²) in [5.41, 5.74) is 1.53. The smallest absolute Gasteiger partial charge is 0.209 e. The third kappa shape index (κ3) is 3.60. The Morgan fingerprint density at radius 2 is 1.87 bits per heavy atom. The average Bonchev–Trinajstić information content (AvgIpc) is 3.09. The van der Waals surface area contributed by atoms with Gasteiger partial charge in [-0.15, -0.1) is 5.10 Å². The molecule has 3 aromatic rings. The van der Waals surface area contributed by atoms with E-state index in [1.54, 1.807) is 19.2 Å². The van der Waals surface area contributed by atoms with Crippen molar-refractivity contribution in [1.29, 1.82) is 0 Å². The Morgan fingerprint density at radius 3 is 2.65 bits per heavy atom. The number of carbonyl (C=O) groups excluding carboxylic acids is 1. The fraction of sp³-hybridized carbons (Fsp3) is 0.118. The van der Waals surface area contributed by atoms with Crippen molar-refractivity contribution in [3.63, 3.8) is 0 Å². The molecule has 23 heavy (non-hydrogen) atoms. The van der Waals surface area contributed by atoms with Gasteiger partial charge in [0.2, 0.25) is 5.16 Å². The molecule has 6 heteroatoms. The normalized spacial score (nSPS) is 10.5. The first-order valence-electron chi connectivity index (χ1n) is 7.05. The topological polar surface area (TPSA) is 67.9 Å². The number of ether oxygens (including phenoxy) is 1. The Morgan fingerprint density at radius 1 is 1.13 bits per heavy atom. The van der Waals surface area contributed by atoms with Crippen molar-refractivity contribution in [2.75, 3.05) is 12.9 Å². The van der Waals surface area contributed by atoms with Crippen LogP contribution in [0.25, 0.3) is 11.4 Å². The lowest BCUT2D eigenvalue weighted by Crippen LogP contribution is -2.01. The molecule has 0 saturated heterocycles. The van der Waals surface area contributed by atoms with Crippen LogP contribution in [0.4, 0.5) is 0 Å². The van der Waals surface area contributed by atoms with E-state index in [1.807, 2.05) is 42.5 Å². The first kappa shape index (κ1) is 15.3. The SMILES string of the molecule is COc1ccccc1-c1nc(SCC(=O)c2ccccc2)n[nH]1. The molecule has 116 valence electrons. The molecule has 5 nitrogen and oxygen atoms in total. The summed E-state index contributed by atoms with van der Waals surface area (Å²) in [5.74, 6) is 1.70. The van der Waals surface area contributed by atoms with Gasteiger partial charge in [-0.1, -0.05) is 54.2 Å². The van der Waals surface area contributed by atoms with Crippen LogP contribution in [0.1, 0.15) is 10.4 Å². The number of methoxy groups -OCH3 is 1. The minimum atomic E-state index is 0.0549. The maximum Gasteiger partial charge on any atom is 0.209 e. The maximum absolute atomic E-state index is 12.1. The van der Waals surface area contributed by atoms with E-state index < -0.39 is 0 Å². The van der Waals surface area contributed by atoms with E-state index in [0.717, 1.165) is 11.3 Å². The maximum atomic E-state index is 12.1. The van der Waals surface area contributed by atoms with Crippen molar-refractivity contribution in [2.24, 2.45) is 0 Å². The van der Waals surface area contributed by atoms with Gasteiger partial charge in [0.25, 0.3) is 0 Å². The lowest BCUT2D eigenvalue weighted by Gasteiger charge is -2.04. The molecular weight excluding hydrogens is 310 g/mol. The molecule has 0 unspecified atom stereocenters. The van der Waals surface area contributed by atoms with Crippen LogP contribution in [0.2, 0.25) is 0 Å². The summed E-state index contributed by atoms with van der Waals surface area (Å²) in [6, 6.07) is 16.8. The summed E-state index contributed by atoms with van der Waals surface area (Å²) < 4.78 is 5.32. The molecule has 2 aromatic carbocycles. The average molecular weight is 325 g/mol. The van der Waals surface area contributed by atoms with Crippen LogP contribution >= 0.6 is 11.8 Å². The molecule has 0 amide bonds. The number of H-pyrrole nitrogens is 1. The van der Waals surface area contributed by atoms with Crippen LogP contribution < -0.4 is 4.74 Å². The molecule has 0 aliphatic rings. The highest BCUT2D eigenvalue weighted by molar-refractivity contribution is 7.99. The van der Waals surface area contributed by atoms with Crippen molar-refractivity contribution in [3.8, 4) is 17.1 Å². The minimum absolute atomic E-state index is 0.0549. The monoisotopic (exact) mass is 325 g/mol. The van der Waals surface area contributed by atoms with Crippen molar-refractivity contribution in [2.45, 2.75) is 5.16 Å². The van der Waals surface area contributed by atoms with E-state index in [1.165, 1.54) is 11.8 Å². The van der Waals surface area contributed by atoms with E-state index in [0.29, 0.717) is 22.3 Å². The van der Waals surface area contributed by atoms with Crippen LogP contribution in [-0.4, -0.2) is 33.8 Å². The number of ketones is 1. The molecule has 0 spiro atoms. The molecule has 1 N–H and O–H groups in total. The third-order valence-corrected chi connectivity index (χ3v) is 4.10. The van der Waals surface area contributed by atoms with Crippen molar-refractivity contribution in [3.05, 3.63) is 60.2 Å².